The maximum Gasteiger partial charge on any atom is 0.233 e. The van der Waals surface area contributed by atoms with Gasteiger partial charge in [-0.2, -0.15) is 0 Å². The number of nitrogens with two attached hydrogens (primary N) is 1. The topological polar surface area (TPSA) is 80.3 Å². The van der Waals surface area contributed by atoms with Gasteiger partial charge in [-0.3, -0.25) is 9.69 Å². The predicted molar refractivity (Wildman–Crippen MR) is 113 cm³/mol. The van der Waals surface area contributed by atoms with Crippen LogP contribution in [0.25, 0.3) is 0 Å². The summed E-state index contributed by atoms with van der Waals surface area (Å²) in [6.45, 7) is 10.1. The van der Waals surface area contributed by atoms with Gasteiger partial charge >= 0.3 is 0 Å². The van der Waals surface area contributed by atoms with E-state index in [-0.39, 0.29) is 11.3 Å². The zero-order valence-corrected chi connectivity index (χ0v) is 18.1. The predicted octanol–water partition coefficient (Wildman–Crippen LogP) is 2.38. The second-order valence-electron chi connectivity index (χ2n) is 8.00. The van der Waals surface area contributed by atoms with Crippen molar-refractivity contribution >= 4 is 29.3 Å². The molecule has 1 saturated heterocycles. The quantitative estimate of drug-likeness (QED) is 0.588. The summed E-state index contributed by atoms with van der Waals surface area (Å²) in [6.07, 6.45) is 0. The molecule has 0 radical (unpaired) electrons. The van der Waals surface area contributed by atoms with E-state index in [2.05, 4.69) is 21.2 Å². The number of hydrogen-bond acceptors (Lipinski definition) is 6. The molecule has 0 aliphatic carbocycles. The summed E-state index contributed by atoms with van der Waals surface area (Å²) >= 11 is 7.39. The molecule has 0 saturated carbocycles. The fraction of sp³-hybridized carbons (Fsp3) is 0.526. The first-order valence-corrected chi connectivity index (χ1v) is 10.7. The third kappa shape index (κ3) is 5.18. The average Bonchev–Trinajstić information content (AvgIpc) is 3.01. The molecule has 2 heterocycles. The molecule has 28 heavy (non-hydrogen) atoms. The van der Waals surface area contributed by atoms with Gasteiger partial charge in [0.2, 0.25) is 11.1 Å². The minimum absolute atomic E-state index is 0.104. The largest absolute Gasteiger partial charge is 0.339 e. The molecular formula is C19H27ClN6OS. The minimum Gasteiger partial charge on any atom is -0.339 e. The van der Waals surface area contributed by atoms with Crippen LogP contribution in [0.2, 0.25) is 5.02 Å². The monoisotopic (exact) mass is 422 g/mol. The number of aromatic nitrogens is 3. The van der Waals surface area contributed by atoms with E-state index in [1.165, 1.54) is 22.0 Å². The van der Waals surface area contributed by atoms with Crippen LogP contribution in [-0.2, 0) is 16.8 Å². The molecule has 3 rings (SSSR count). The van der Waals surface area contributed by atoms with E-state index in [1.807, 2.05) is 43.9 Å². The number of rotatable bonds is 5. The van der Waals surface area contributed by atoms with Crippen LogP contribution in [-0.4, -0.2) is 62.5 Å². The number of carbonyl (C=O) groups excluding carboxylic acids is 1. The van der Waals surface area contributed by atoms with Gasteiger partial charge < -0.3 is 10.7 Å². The van der Waals surface area contributed by atoms with Crippen LogP contribution >= 0.6 is 23.4 Å². The Morgan fingerprint density at radius 2 is 1.93 bits per heavy atom. The highest BCUT2D eigenvalue weighted by atomic mass is 35.5. The van der Waals surface area contributed by atoms with Gasteiger partial charge in [-0.05, 0) is 17.7 Å². The summed E-state index contributed by atoms with van der Waals surface area (Å²) in [4.78, 5) is 16.8. The van der Waals surface area contributed by atoms with Crippen molar-refractivity contribution in [1.29, 1.82) is 0 Å². The van der Waals surface area contributed by atoms with Gasteiger partial charge in [0.15, 0.2) is 5.82 Å². The number of nitrogens with zero attached hydrogens (tertiary/aromatic N) is 5. The third-order valence-corrected chi connectivity index (χ3v) is 5.84. The summed E-state index contributed by atoms with van der Waals surface area (Å²) in [5.41, 5.74) is 1.00. The van der Waals surface area contributed by atoms with Crippen molar-refractivity contribution in [3.05, 3.63) is 40.7 Å². The first kappa shape index (κ1) is 21.0. The van der Waals surface area contributed by atoms with Crippen molar-refractivity contribution in [2.75, 3.05) is 37.8 Å². The van der Waals surface area contributed by atoms with Crippen molar-refractivity contribution in [3.63, 3.8) is 0 Å². The third-order valence-electron chi connectivity index (χ3n) is 4.68. The average molecular weight is 423 g/mol. The SMILES string of the molecule is CC(C)(C)c1nnc(SCC(=O)N2CCN(Cc3cccc(Cl)c3)CC2)n1N. The summed E-state index contributed by atoms with van der Waals surface area (Å²) in [7, 11) is 0. The van der Waals surface area contributed by atoms with Crippen LogP contribution in [0.1, 0.15) is 32.2 Å². The Hall–Kier alpha value is -1.77. The smallest absolute Gasteiger partial charge is 0.233 e. The lowest BCUT2D eigenvalue weighted by molar-refractivity contribution is -0.130. The number of hydrogen-bond donors (Lipinski definition) is 1. The van der Waals surface area contributed by atoms with E-state index >= 15 is 0 Å². The fourth-order valence-electron chi connectivity index (χ4n) is 3.15. The molecule has 0 unspecified atom stereocenters. The lowest BCUT2D eigenvalue weighted by atomic mass is 9.96. The molecule has 0 atom stereocenters. The van der Waals surface area contributed by atoms with Crippen LogP contribution < -0.4 is 5.84 Å². The van der Waals surface area contributed by atoms with E-state index in [0.29, 0.717) is 16.7 Å². The maximum absolute atomic E-state index is 12.6. The molecule has 2 aromatic rings. The number of halogens is 1. The summed E-state index contributed by atoms with van der Waals surface area (Å²) in [5, 5.41) is 9.61. The van der Waals surface area contributed by atoms with Gasteiger partial charge in [0.05, 0.1) is 5.75 Å². The lowest BCUT2D eigenvalue weighted by Gasteiger charge is -2.34. The number of benzene rings is 1. The molecule has 1 aromatic carbocycles. The van der Waals surface area contributed by atoms with E-state index < -0.39 is 0 Å². The maximum atomic E-state index is 12.6. The highest BCUT2D eigenvalue weighted by molar-refractivity contribution is 7.99. The minimum atomic E-state index is -0.191. The Morgan fingerprint density at radius 1 is 1.21 bits per heavy atom. The van der Waals surface area contributed by atoms with Crippen LogP contribution in [0.4, 0.5) is 0 Å². The van der Waals surface area contributed by atoms with Crippen molar-refractivity contribution in [2.45, 2.75) is 37.9 Å². The number of thioether (sulfide) groups is 1. The van der Waals surface area contributed by atoms with E-state index in [4.69, 9.17) is 17.4 Å². The van der Waals surface area contributed by atoms with Crippen LogP contribution in [0.5, 0.6) is 0 Å². The fourth-order valence-corrected chi connectivity index (χ4v) is 4.13. The number of carbonyl (C=O) groups is 1. The van der Waals surface area contributed by atoms with Crippen LogP contribution in [0.15, 0.2) is 29.4 Å². The summed E-state index contributed by atoms with van der Waals surface area (Å²) in [5.74, 6) is 7.21. The molecule has 0 bridgehead atoms. The Bertz CT molecular complexity index is 826. The Balaban J connectivity index is 1.47. The molecule has 1 aromatic heterocycles. The standard InChI is InChI=1S/C19H27ClN6OS/c1-19(2,3)17-22-23-18(26(17)21)28-13-16(27)25-9-7-24(8-10-25)12-14-5-4-6-15(20)11-14/h4-6,11H,7-10,12-13,21H2,1-3H3. The normalized spacial score (nSPS) is 15.8. The zero-order valence-electron chi connectivity index (χ0n) is 16.6. The molecule has 2 N–H and O–H groups in total. The number of amides is 1. The van der Waals surface area contributed by atoms with Gasteiger partial charge in [0.25, 0.3) is 0 Å². The molecule has 1 aliphatic heterocycles. The Morgan fingerprint density at radius 3 is 2.54 bits per heavy atom. The highest BCUT2D eigenvalue weighted by Crippen LogP contribution is 2.23. The number of nitrogen functional groups attached to an aromatic ring is 1. The van der Waals surface area contributed by atoms with Gasteiger partial charge in [0, 0.05) is 43.2 Å². The molecule has 1 fully saturated rings. The molecule has 1 amide bonds. The molecule has 1 aliphatic rings. The van der Waals surface area contributed by atoms with Crippen molar-refractivity contribution < 1.29 is 4.79 Å². The lowest BCUT2D eigenvalue weighted by Crippen LogP contribution is -2.48. The van der Waals surface area contributed by atoms with E-state index in [1.54, 1.807) is 0 Å². The Labute approximate surface area is 175 Å². The number of piperazine rings is 1. The zero-order chi connectivity index (χ0) is 20.3. The second-order valence-corrected chi connectivity index (χ2v) is 9.38. The van der Waals surface area contributed by atoms with Crippen molar-refractivity contribution in [1.82, 2.24) is 24.7 Å². The van der Waals surface area contributed by atoms with Crippen LogP contribution in [0, 0.1) is 0 Å². The summed E-state index contributed by atoms with van der Waals surface area (Å²) < 4.78 is 1.49. The van der Waals surface area contributed by atoms with Crippen molar-refractivity contribution in [3.8, 4) is 0 Å². The van der Waals surface area contributed by atoms with Crippen molar-refractivity contribution in [2.24, 2.45) is 0 Å². The summed E-state index contributed by atoms with van der Waals surface area (Å²) in [6, 6.07) is 7.92. The highest BCUT2D eigenvalue weighted by Gasteiger charge is 2.25. The van der Waals surface area contributed by atoms with E-state index in [9.17, 15) is 4.79 Å². The molecular weight excluding hydrogens is 396 g/mol. The second kappa shape index (κ2) is 8.71. The first-order valence-electron chi connectivity index (χ1n) is 9.32. The molecule has 7 nitrogen and oxygen atoms in total. The molecule has 9 heteroatoms. The van der Waals surface area contributed by atoms with Gasteiger partial charge in [-0.25, -0.2) is 4.68 Å². The molecule has 0 spiro atoms. The molecule has 152 valence electrons. The first-order chi connectivity index (χ1) is 13.2. The van der Waals surface area contributed by atoms with Crippen LogP contribution in [0.3, 0.4) is 0 Å². The van der Waals surface area contributed by atoms with Gasteiger partial charge in [0.1, 0.15) is 0 Å². The Kier molecular flexibility index (Phi) is 6.52. The van der Waals surface area contributed by atoms with E-state index in [0.717, 1.165) is 37.7 Å². The van der Waals surface area contributed by atoms with Gasteiger partial charge in [-0.15, -0.1) is 10.2 Å². The van der Waals surface area contributed by atoms with Gasteiger partial charge in [-0.1, -0.05) is 56.3 Å².